The Bertz CT molecular complexity index is 4480. The summed E-state index contributed by atoms with van der Waals surface area (Å²) in [6, 6.07) is 33.0. The van der Waals surface area contributed by atoms with Gasteiger partial charge in [0, 0.05) is 11.6 Å². The maximum absolute atomic E-state index is 11.8. The molecule has 99 heavy (non-hydrogen) atoms. The molecule has 5 N–H and O–H groups in total. The Morgan fingerprint density at radius 2 is 0.909 bits per heavy atom. The Morgan fingerprint density at radius 1 is 0.576 bits per heavy atom. The molecule has 27 nitrogen and oxygen atoms in total. The number of nitrogens with two attached hydrogens (primary N) is 2. The molecular formula is C61H62BBr3ClCs2F3KN19O8. The van der Waals surface area contributed by atoms with Crippen LogP contribution in [0.15, 0.2) is 191 Å². The van der Waals surface area contributed by atoms with Crippen molar-refractivity contribution in [3.05, 3.63) is 207 Å². The van der Waals surface area contributed by atoms with Crippen molar-refractivity contribution in [3.63, 3.8) is 0 Å². The standard InChI is InChI=1S/C13H11N.C10H7BrN4O.2C10H9N5O.C5H5BF3O.C5H2Br2N4.C4H5ClO.CH2O3.3CH4.2Cs.K.H/c14-13(11-7-3-1-4-8-11)12-9-5-2-6-10-12;3*1-6-2-3-7(16-6)9-10-12-5-13-15(10)4-8(11)14-9;1-4-2-3-5(10-4)6(7,8)9;6-3-1-11-5(4(7)10-3)8-2-9-11;5-4(6)3-1-2-3;2-1-4-3;;;;;;;/h1-10,14H;2-5H,1H3;2*2-5H,11H2,1H3;2-3H,1H3;1-2H;3H,1-2H2;1,3H;3*1H4;;;;/q;;;;-1;;;;;;;3*+1;-1/p-1. The number of anilines is 2. The number of rotatable bonds is 8. The zero-order chi connectivity index (χ0) is 66.8. The van der Waals surface area contributed by atoms with Crippen LogP contribution in [0.5, 0.6) is 0 Å². The van der Waals surface area contributed by atoms with Crippen molar-refractivity contribution in [2.45, 2.75) is 62.8 Å². The first-order valence-corrected chi connectivity index (χ1v) is 29.7. The van der Waals surface area contributed by atoms with E-state index in [0.717, 1.165) is 51.9 Å². The number of fused-ring (bicyclic) bond motifs is 4. The number of nitrogen functional groups attached to an aromatic ring is 2. The van der Waals surface area contributed by atoms with Crippen LogP contribution in [0.3, 0.4) is 0 Å². The van der Waals surface area contributed by atoms with Crippen LogP contribution >= 0.6 is 59.4 Å². The van der Waals surface area contributed by atoms with Gasteiger partial charge in [-0.05, 0) is 154 Å². The van der Waals surface area contributed by atoms with Crippen LogP contribution in [-0.2, 0) is 14.5 Å². The van der Waals surface area contributed by atoms with E-state index in [0.29, 0.717) is 83.5 Å². The maximum Gasteiger partial charge on any atom is 1.00 e. The summed E-state index contributed by atoms with van der Waals surface area (Å²) in [6.07, 6.45) is 14.6. The number of aryl methyl sites for hydroxylation is 4. The average Bonchev–Trinajstić information content (AvgIpc) is 1.64. The summed E-state index contributed by atoms with van der Waals surface area (Å²) in [4.78, 5) is 54.5. The molecule has 15 rings (SSSR count). The van der Waals surface area contributed by atoms with Crippen LogP contribution in [0, 0.1) is 39.0 Å². The van der Waals surface area contributed by atoms with E-state index in [4.69, 9.17) is 51.8 Å². The maximum atomic E-state index is 11.8. The fourth-order valence-corrected chi connectivity index (χ4v) is 9.43. The predicted molar refractivity (Wildman–Crippen MR) is 365 cm³/mol. The number of benzene rings is 2. The molecule has 12 heterocycles. The zero-order valence-electron chi connectivity index (χ0n) is 52.9. The summed E-state index contributed by atoms with van der Waals surface area (Å²) in [6.45, 7) is 1.98. The molecule has 1 saturated carbocycles. The molecule has 0 saturated heterocycles. The van der Waals surface area contributed by atoms with Gasteiger partial charge in [-0.3, -0.25) is 15.0 Å². The van der Waals surface area contributed by atoms with Crippen molar-refractivity contribution < 1.29 is 241 Å². The molecule has 38 heteroatoms. The van der Waals surface area contributed by atoms with E-state index in [2.05, 4.69) is 117 Å². The monoisotopic (exact) mass is 1830 g/mol. The molecule has 0 aliphatic heterocycles. The third-order valence-corrected chi connectivity index (χ3v) is 13.7. The topological polar surface area (TPSA) is 367 Å². The molecule has 504 valence electrons. The van der Waals surface area contributed by atoms with Crippen LogP contribution in [0.4, 0.5) is 24.6 Å². The van der Waals surface area contributed by atoms with Gasteiger partial charge < -0.3 is 53.7 Å². The minimum absolute atomic E-state index is 0. The van der Waals surface area contributed by atoms with Gasteiger partial charge in [-0.2, -0.15) is 20.4 Å². The molecule has 14 aromatic rings. The predicted octanol–water partition coefficient (Wildman–Crippen LogP) is 4.03. The molecule has 0 radical (unpaired) electrons. The zero-order valence-corrected chi connectivity index (χ0v) is 73.1. The molecule has 2 aromatic carbocycles. The Hall–Kier alpha value is -4.54. The van der Waals surface area contributed by atoms with Crippen LogP contribution < -0.4 is 212 Å². The fourth-order valence-electron chi connectivity index (χ4n) is 7.76. The number of nitrogens with zero attached hydrogens (tertiary/aromatic N) is 16. The third-order valence-electron chi connectivity index (χ3n) is 12.1. The van der Waals surface area contributed by atoms with E-state index in [-0.39, 0.29) is 236 Å². The minimum atomic E-state index is -4.95. The summed E-state index contributed by atoms with van der Waals surface area (Å²) >= 11 is 14.9. The van der Waals surface area contributed by atoms with Crippen LogP contribution in [-0.4, -0.2) is 103 Å². The van der Waals surface area contributed by atoms with Crippen molar-refractivity contribution in [1.29, 1.82) is 5.41 Å². The average molecular weight is 1840 g/mol. The number of hydrogen-bond donors (Lipinski definition) is 3. The van der Waals surface area contributed by atoms with Crippen LogP contribution in [0.2, 0.25) is 0 Å². The number of halogens is 7. The van der Waals surface area contributed by atoms with Gasteiger partial charge in [0.1, 0.15) is 63.4 Å². The quantitative estimate of drug-likeness (QED) is 0.0483. The molecule has 12 aromatic heterocycles. The Kier molecular flexibility index (Phi) is 40.4. The summed E-state index contributed by atoms with van der Waals surface area (Å²) < 4.78 is 64.8. The van der Waals surface area contributed by atoms with Gasteiger partial charge in [-0.15, -0.1) is 0 Å². The van der Waals surface area contributed by atoms with E-state index < -0.39 is 12.6 Å². The normalized spacial score (nSPS) is 10.6. The summed E-state index contributed by atoms with van der Waals surface area (Å²) in [5, 5.41) is 32.3. The number of nitrogens with one attached hydrogen (secondary N) is 1. The van der Waals surface area contributed by atoms with Crippen LogP contribution in [0.25, 0.3) is 57.0 Å². The Balaban J connectivity index is 0.000000579. The van der Waals surface area contributed by atoms with Gasteiger partial charge in [0.15, 0.2) is 61.6 Å². The van der Waals surface area contributed by atoms with Crippen molar-refractivity contribution in [3.8, 4) is 34.4 Å². The minimum Gasteiger partial charge on any atom is -1.00 e. The second-order valence-electron chi connectivity index (χ2n) is 19.0. The molecular weight excluding hydrogens is 1770 g/mol. The first-order chi connectivity index (χ1) is 44.6. The van der Waals surface area contributed by atoms with E-state index in [1.54, 1.807) is 42.8 Å². The molecule has 0 atom stereocenters. The number of furan rings is 4. The first-order valence-electron chi connectivity index (χ1n) is 27.0. The van der Waals surface area contributed by atoms with E-state index in [1.165, 1.54) is 38.3 Å². The summed E-state index contributed by atoms with van der Waals surface area (Å²) in [7, 11) is 0. The fraction of sp³-hybridized carbons (Fsp3) is 0.164. The number of carbonyl (C=O) groups is 2. The van der Waals surface area contributed by atoms with Gasteiger partial charge in [0.05, 0.1) is 36.3 Å². The summed E-state index contributed by atoms with van der Waals surface area (Å²) in [5.74, 6) is 5.72. The molecule has 1 aliphatic carbocycles. The van der Waals surface area contributed by atoms with E-state index in [9.17, 15) is 17.7 Å². The first kappa shape index (κ1) is 90.5. The molecule has 0 bridgehead atoms. The van der Waals surface area contributed by atoms with Gasteiger partial charge in [-0.25, -0.2) is 57.9 Å². The van der Waals surface area contributed by atoms with Gasteiger partial charge in [-0.1, -0.05) is 89.0 Å². The molecule has 1 fully saturated rings. The Labute approximate surface area is 757 Å². The number of carbonyl (C=O) groups excluding carboxylic acids is 2. The van der Waals surface area contributed by atoms with E-state index >= 15 is 0 Å². The SMILES string of the molecule is Brc1cn2ncnc2c(Br)n1.C.C.C.Cc1ccc(-c2nc(Br)cn3ncnc23)o1.Cc1ccc(-c2nc(N)cn3ncnc23)o1.Cc1ccc(-c2nc(N)cn3ncnc23)o1.Cc1ccc([B-](F)(F)F)o1.N=C(c1ccccc1)c1ccccc1.O=C(Cl)C1CC1.O=CO[O-].[Cs+].[Cs+].[H-].[K+]. The number of aromatic nitrogens is 16. The smallest absolute Gasteiger partial charge is 1.00 e. The van der Waals surface area contributed by atoms with E-state index in [1.807, 2.05) is 118 Å². The third kappa shape index (κ3) is 27.2. The van der Waals surface area contributed by atoms with Gasteiger partial charge in [0.2, 0.25) is 5.24 Å². The number of hydrogen-bond acceptors (Lipinski definition) is 23. The Morgan fingerprint density at radius 3 is 1.21 bits per heavy atom. The van der Waals surface area contributed by atoms with Crippen molar-refractivity contribution in [2.75, 3.05) is 11.5 Å². The second-order valence-corrected chi connectivity index (χ2v) is 21.8. The van der Waals surface area contributed by atoms with Gasteiger partial charge in [0.25, 0.3) is 6.47 Å². The molecule has 0 amide bonds. The molecule has 0 spiro atoms. The van der Waals surface area contributed by atoms with Crippen molar-refractivity contribution >= 4 is 124 Å². The molecule has 1 aliphatic rings. The largest absolute Gasteiger partial charge is 1.00 e. The molecule has 0 unspecified atom stereocenters. The van der Waals surface area contributed by atoms with Crippen LogP contribution in [0.1, 0.15) is 70.7 Å². The summed E-state index contributed by atoms with van der Waals surface area (Å²) in [5.41, 5.74) is 17.5. The second kappa shape index (κ2) is 44.2. The van der Waals surface area contributed by atoms with Crippen molar-refractivity contribution in [1.82, 2.24) is 78.3 Å². The van der Waals surface area contributed by atoms with Crippen molar-refractivity contribution in [2.24, 2.45) is 5.92 Å². The van der Waals surface area contributed by atoms with Gasteiger partial charge >= 0.3 is 196 Å².